The lowest BCUT2D eigenvalue weighted by atomic mass is 9.88. The van der Waals surface area contributed by atoms with Gasteiger partial charge in [-0.3, -0.25) is 9.69 Å². The van der Waals surface area contributed by atoms with Crippen LogP contribution in [0.5, 0.6) is 5.75 Å². The summed E-state index contributed by atoms with van der Waals surface area (Å²) in [7, 11) is 0. The fourth-order valence-electron chi connectivity index (χ4n) is 6.22. The molecule has 0 bridgehead atoms. The van der Waals surface area contributed by atoms with Crippen molar-refractivity contribution < 1.29 is 9.53 Å². The van der Waals surface area contributed by atoms with Crippen LogP contribution in [0, 0.1) is 11.8 Å². The fourth-order valence-corrected chi connectivity index (χ4v) is 6.22. The molecule has 0 aromatic heterocycles. The molecule has 3 aliphatic rings. The number of rotatable bonds is 7. The van der Waals surface area contributed by atoms with Crippen LogP contribution in [0.25, 0.3) is 0 Å². The van der Waals surface area contributed by atoms with Crippen LogP contribution < -0.4 is 4.74 Å². The zero-order valence-electron chi connectivity index (χ0n) is 21.2. The smallest absolute Gasteiger partial charge is 0.225 e. The number of carbonyl (C=O) groups is 1. The molecule has 2 aromatic rings. The number of nitrogens with zero attached hydrogens (tertiary/aromatic N) is 2. The first kappa shape index (κ1) is 24.4. The van der Waals surface area contributed by atoms with E-state index in [1.807, 2.05) is 0 Å². The van der Waals surface area contributed by atoms with Gasteiger partial charge in [-0.05, 0) is 74.4 Å². The van der Waals surface area contributed by atoms with Crippen LogP contribution in [-0.2, 0) is 17.8 Å². The Balaban J connectivity index is 1.02. The Kier molecular flexibility index (Phi) is 8.41. The van der Waals surface area contributed by atoms with Crippen molar-refractivity contribution in [2.45, 2.75) is 76.9 Å². The van der Waals surface area contributed by atoms with Crippen molar-refractivity contribution >= 4 is 5.91 Å². The van der Waals surface area contributed by atoms with Gasteiger partial charge in [-0.25, -0.2) is 0 Å². The molecular formula is C31H42N2O2. The molecule has 2 aliphatic heterocycles. The summed E-state index contributed by atoms with van der Waals surface area (Å²) in [5, 5.41) is 0. The monoisotopic (exact) mass is 474 g/mol. The summed E-state index contributed by atoms with van der Waals surface area (Å²) >= 11 is 0. The van der Waals surface area contributed by atoms with Gasteiger partial charge < -0.3 is 9.64 Å². The van der Waals surface area contributed by atoms with Crippen molar-refractivity contribution in [2.24, 2.45) is 11.8 Å². The van der Waals surface area contributed by atoms with Crippen molar-refractivity contribution in [1.82, 2.24) is 9.80 Å². The van der Waals surface area contributed by atoms with E-state index in [2.05, 4.69) is 64.4 Å². The molecule has 5 rings (SSSR count). The molecule has 0 N–H and O–H groups in total. The Morgan fingerprint density at radius 2 is 1.43 bits per heavy atom. The van der Waals surface area contributed by atoms with E-state index in [4.69, 9.17) is 4.74 Å². The Hall–Kier alpha value is -2.33. The molecule has 0 spiro atoms. The number of amides is 1. The molecule has 35 heavy (non-hydrogen) atoms. The van der Waals surface area contributed by atoms with Crippen LogP contribution >= 0.6 is 0 Å². The van der Waals surface area contributed by atoms with E-state index in [0.717, 1.165) is 57.0 Å². The van der Waals surface area contributed by atoms with Gasteiger partial charge in [-0.1, -0.05) is 61.7 Å². The summed E-state index contributed by atoms with van der Waals surface area (Å²) < 4.78 is 6.29. The first-order valence-corrected chi connectivity index (χ1v) is 14.0. The molecule has 0 atom stereocenters. The third-order valence-electron chi connectivity index (χ3n) is 8.41. The maximum Gasteiger partial charge on any atom is 0.225 e. The van der Waals surface area contributed by atoms with Gasteiger partial charge in [-0.15, -0.1) is 0 Å². The predicted molar refractivity (Wildman–Crippen MR) is 141 cm³/mol. The second-order valence-electron chi connectivity index (χ2n) is 11.0. The van der Waals surface area contributed by atoms with Gasteiger partial charge >= 0.3 is 0 Å². The lowest BCUT2D eigenvalue weighted by Gasteiger charge is -2.35. The highest BCUT2D eigenvalue weighted by Gasteiger charge is 2.29. The van der Waals surface area contributed by atoms with Crippen LogP contribution in [0.4, 0.5) is 0 Å². The van der Waals surface area contributed by atoms with Crippen LogP contribution in [0.1, 0.15) is 68.9 Å². The largest absolute Gasteiger partial charge is 0.490 e. The molecule has 0 unspecified atom stereocenters. The summed E-state index contributed by atoms with van der Waals surface area (Å²) in [4.78, 5) is 17.5. The van der Waals surface area contributed by atoms with Crippen molar-refractivity contribution in [3.8, 4) is 5.75 Å². The fraction of sp³-hybridized carbons (Fsp3) is 0.581. The van der Waals surface area contributed by atoms with E-state index >= 15 is 0 Å². The summed E-state index contributed by atoms with van der Waals surface area (Å²) in [5.74, 6) is 2.46. The van der Waals surface area contributed by atoms with Gasteiger partial charge in [0.15, 0.2) is 0 Å². The number of likely N-dealkylation sites (tertiary alicyclic amines) is 2. The van der Waals surface area contributed by atoms with E-state index in [-0.39, 0.29) is 12.0 Å². The van der Waals surface area contributed by atoms with Gasteiger partial charge in [0.05, 0.1) is 0 Å². The van der Waals surface area contributed by atoms with Gasteiger partial charge in [0.25, 0.3) is 0 Å². The van der Waals surface area contributed by atoms with Crippen molar-refractivity contribution in [2.75, 3.05) is 26.2 Å². The van der Waals surface area contributed by atoms with Crippen molar-refractivity contribution in [3.05, 3.63) is 65.7 Å². The van der Waals surface area contributed by atoms with Crippen LogP contribution in [0.15, 0.2) is 54.6 Å². The van der Waals surface area contributed by atoms with Crippen molar-refractivity contribution in [3.63, 3.8) is 0 Å². The van der Waals surface area contributed by atoms with E-state index in [1.165, 1.54) is 62.7 Å². The van der Waals surface area contributed by atoms with Crippen molar-refractivity contribution in [1.29, 1.82) is 0 Å². The van der Waals surface area contributed by atoms with Gasteiger partial charge in [-0.2, -0.15) is 0 Å². The van der Waals surface area contributed by atoms with Gasteiger partial charge in [0.1, 0.15) is 11.9 Å². The Bertz CT molecular complexity index is 907. The first-order chi connectivity index (χ1) is 17.2. The average molecular weight is 475 g/mol. The number of benzene rings is 2. The Morgan fingerprint density at radius 1 is 0.743 bits per heavy atom. The highest BCUT2D eigenvalue weighted by molar-refractivity contribution is 5.79. The Morgan fingerprint density at radius 3 is 2.11 bits per heavy atom. The first-order valence-electron chi connectivity index (χ1n) is 14.0. The minimum atomic E-state index is 0.222. The van der Waals surface area contributed by atoms with E-state index in [0.29, 0.717) is 5.91 Å². The summed E-state index contributed by atoms with van der Waals surface area (Å²) in [6, 6.07) is 19.7. The molecule has 4 nitrogen and oxygen atoms in total. The zero-order valence-corrected chi connectivity index (χ0v) is 21.2. The number of piperidine rings is 2. The summed E-state index contributed by atoms with van der Waals surface area (Å²) in [6.07, 6.45) is 11.8. The summed E-state index contributed by atoms with van der Waals surface area (Å²) in [5.41, 5.74) is 2.84. The highest BCUT2D eigenvalue weighted by Crippen LogP contribution is 2.28. The zero-order chi connectivity index (χ0) is 23.9. The lowest BCUT2D eigenvalue weighted by molar-refractivity contribution is -0.138. The van der Waals surface area contributed by atoms with E-state index in [1.54, 1.807) is 0 Å². The Labute approximate surface area is 211 Å². The third-order valence-corrected chi connectivity index (χ3v) is 8.41. The topological polar surface area (TPSA) is 32.8 Å². The molecule has 1 aliphatic carbocycles. The molecule has 2 heterocycles. The normalized spacial score (nSPS) is 21.2. The average Bonchev–Trinajstić information content (AvgIpc) is 2.92. The summed E-state index contributed by atoms with van der Waals surface area (Å²) in [6.45, 7) is 5.10. The molecule has 2 aromatic carbocycles. The van der Waals surface area contributed by atoms with Gasteiger partial charge in [0.2, 0.25) is 5.91 Å². The number of ether oxygens (including phenoxy) is 1. The van der Waals surface area contributed by atoms with E-state index in [9.17, 15) is 4.79 Å². The maximum atomic E-state index is 12.8. The third kappa shape index (κ3) is 6.88. The van der Waals surface area contributed by atoms with Gasteiger partial charge in [0, 0.05) is 38.4 Å². The second kappa shape index (κ2) is 12.1. The minimum absolute atomic E-state index is 0.222. The minimum Gasteiger partial charge on any atom is -0.490 e. The second-order valence-corrected chi connectivity index (χ2v) is 11.0. The highest BCUT2D eigenvalue weighted by atomic mass is 16.5. The van der Waals surface area contributed by atoms with E-state index < -0.39 is 0 Å². The molecule has 3 fully saturated rings. The van der Waals surface area contributed by atoms with Crippen LogP contribution in [0.2, 0.25) is 0 Å². The van der Waals surface area contributed by atoms with Crippen LogP contribution in [-0.4, -0.2) is 48.0 Å². The molecular weight excluding hydrogens is 432 g/mol. The molecule has 1 amide bonds. The number of carbonyl (C=O) groups excluding carboxylic acids is 1. The number of hydrogen-bond donors (Lipinski definition) is 0. The maximum absolute atomic E-state index is 12.8. The molecule has 0 radical (unpaired) electrons. The standard InChI is InChI=1S/C31H42N2O2/c34-31(28-9-5-2-6-10-28)33-21-17-30(18-22-33)35-29-13-11-27(12-14-29)24-32-19-15-26(16-20-32)23-25-7-3-1-4-8-25/h1,3-4,7-8,11-14,26,28,30H,2,5-6,9-10,15-24H2. The SMILES string of the molecule is O=C(C1CCCCC1)N1CCC(Oc2ccc(CN3CCC(Cc4ccccc4)CC3)cc2)CC1. The molecule has 188 valence electrons. The van der Waals surface area contributed by atoms with Crippen LogP contribution in [0.3, 0.4) is 0 Å². The quantitative estimate of drug-likeness (QED) is 0.487. The molecule has 4 heteroatoms. The number of hydrogen-bond acceptors (Lipinski definition) is 3. The predicted octanol–water partition coefficient (Wildman–Crippen LogP) is 6.09. The molecule has 2 saturated heterocycles. The lowest BCUT2D eigenvalue weighted by Crippen LogP contribution is -2.44. The molecule has 1 saturated carbocycles.